The van der Waals surface area contributed by atoms with Crippen molar-refractivity contribution in [2.45, 2.75) is 19.3 Å². The van der Waals surface area contributed by atoms with Crippen molar-refractivity contribution in [2.24, 2.45) is 0 Å². The molecule has 0 bridgehead atoms. The molecular formula is C24H25N3O4S. The van der Waals surface area contributed by atoms with E-state index in [1.807, 2.05) is 49.4 Å². The molecule has 0 N–H and O–H groups in total. The van der Waals surface area contributed by atoms with Crippen LogP contribution in [0.3, 0.4) is 0 Å². The number of hydrogen-bond donors (Lipinski definition) is 0. The summed E-state index contributed by atoms with van der Waals surface area (Å²) in [5, 5.41) is 10.7. The van der Waals surface area contributed by atoms with E-state index >= 15 is 0 Å². The summed E-state index contributed by atoms with van der Waals surface area (Å²) in [5.74, 6) is 2.52. The number of hydrogen-bond acceptors (Lipinski definition) is 7. The number of anilines is 1. The summed E-state index contributed by atoms with van der Waals surface area (Å²) in [6, 6.07) is 15.7. The van der Waals surface area contributed by atoms with Crippen LogP contribution in [0.4, 0.5) is 5.69 Å². The Kier molecular flexibility index (Phi) is 6.47. The van der Waals surface area contributed by atoms with Gasteiger partial charge >= 0.3 is 0 Å². The molecule has 2 aliphatic rings. The van der Waals surface area contributed by atoms with Gasteiger partial charge in [0, 0.05) is 18.4 Å². The molecule has 166 valence electrons. The zero-order valence-corrected chi connectivity index (χ0v) is 19.1. The zero-order chi connectivity index (χ0) is 22.7. The van der Waals surface area contributed by atoms with E-state index in [0.717, 1.165) is 22.0 Å². The number of thioether (sulfide) groups is 1. The zero-order valence-electron chi connectivity index (χ0n) is 18.3. The van der Waals surface area contributed by atoms with Crippen molar-refractivity contribution < 1.29 is 19.0 Å². The van der Waals surface area contributed by atoms with Crippen LogP contribution in [0.15, 0.2) is 53.1 Å². The fourth-order valence-corrected chi connectivity index (χ4v) is 5.17. The average molecular weight is 452 g/mol. The van der Waals surface area contributed by atoms with Crippen molar-refractivity contribution in [3.8, 4) is 23.3 Å². The van der Waals surface area contributed by atoms with Gasteiger partial charge in [0.05, 0.1) is 55.7 Å². The fraction of sp³-hybridized carbons (Fsp3) is 0.333. The van der Waals surface area contributed by atoms with Gasteiger partial charge in [-0.2, -0.15) is 5.26 Å². The van der Waals surface area contributed by atoms with E-state index in [4.69, 9.17) is 14.2 Å². The van der Waals surface area contributed by atoms with Crippen molar-refractivity contribution in [1.29, 1.82) is 5.26 Å². The molecule has 0 radical (unpaired) electrons. The number of methoxy groups -OCH3 is 2. The number of benzene rings is 2. The van der Waals surface area contributed by atoms with E-state index in [1.54, 1.807) is 19.1 Å². The number of ether oxygens (including phenoxy) is 3. The smallest absolute Gasteiger partial charge is 0.229 e. The van der Waals surface area contributed by atoms with Crippen LogP contribution < -0.4 is 19.1 Å². The number of carbonyl (C=O) groups is 1. The third kappa shape index (κ3) is 4.08. The molecule has 1 fully saturated rings. The lowest BCUT2D eigenvalue weighted by Crippen LogP contribution is -2.47. The first-order chi connectivity index (χ1) is 15.6. The Morgan fingerprint density at radius 3 is 2.53 bits per heavy atom. The van der Waals surface area contributed by atoms with Gasteiger partial charge in [0.25, 0.3) is 0 Å². The molecule has 2 aromatic carbocycles. The van der Waals surface area contributed by atoms with Gasteiger partial charge in [-0.05, 0) is 36.8 Å². The summed E-state index contributed by atoms with van der Waals surface area (Å²) in [7, 11) is 3.22. The molecule has 2 aliphatic heterocycles. The van der Waals surface area contributed by atoms with Gasteiger partial charge in [-0.1, -0.05) is 23.9 Å². The maximum absolute atomic E-state index is 13.1. The highest BCUT2D eigenvalue weighted by molar-refractivity contribution is 8.03. The molecule has 0 spiro atoms. The first kappa shape index (κ1) is 21.9. The maximum Gasteiger partial charge on any atom is 0.229 e. The van der Waals surface area contributed by atoms with Crippen LogP contribution >= 0.6 is 11.8 Å². The molecule has 2 heterocycles. The summed E-state index contributed by atoms with van der Waals surface area (Å²) in [5.41, 5.74) is 2.46. The number of rotatable bonds is 6. The Balaban J connectivity index is 1.62. The number of nitriles is 1. The lowest BCUT2D eigenvalue weighted by Gasteiger charge is -2.42. The molecule has 1 amide bonds. The predicted molar refractivity (Wildman–Crippen MR) is 124 cm³/mol. The number of nitrogens with zero attached hydrogens (tertiary/aromatic N) is 3. The highest BCUT2D eigenvalue weighted by Crippen LogP contribution is 2.44. The Morgan fingerprint density at radius 2 is 1.88 bits per heavy atom. The molecule has 8 heteroatoms. The Morgan fingerprint density at radius 1 is 1.12 bits per heavy atom. The van der Waals surface area contributed by atoms with Gasteiger partial charge in [0.15, 0.2) is 0 Å². The summed E-state index contributed by atoms with van der Waals surface area (Å²) in [4.78, 5) is 16.9. The van der Waals surface area contributed by atoms with Crippen LogP contribution in [0.1, 0.15) is 24.8 Å². The molecule has 0 aliphatic carbocycles. The van der Waals surface area contributed by atoms with Crippen LogP contribution in [0, 0.1) is 11.3 Å². The van der Waals surface area contributed by atoms with E-state index < -0.39 is 0 Å². The molecule has 2 aromatic rings. The molecule has 7 nitrogen and oxygen atoms in total. The Labute approximate surface area is 192 Å². The molecular weight excluding hydrogens is 426 g/mol. The number of fused-ring (bicyclic) bond motifs is 1. The average Bonchev–Trinajstić information content (AvgIpc) is 2.84. The van der Waals surface area contributed by atoms with E-state index in [9.17, 15) is 10.1 Å². The maximum atomic E-state index is 13.1. The second kappa shape index (κ2) is 9.45. The molecule has 1 atom stereocenters. The van der Waals surface area contributed by atoms with E-state index in [2.05, 4.69) is 11.0 Å². The predicted octanol–water partition coefficient (Wildman–Crippen LogP) is 4.32. The summed E-state index contributed by atoms with van der Waals surface area (Å²) in [6.07, 6.45) is 0.258. The van der Waals surface area contributed by atoms with E-state index in [1.165, 1.54) is 11.8 Å². The van der Waals surface area contributed by atoms with Gasteiger partial charge in [0.2, 0.25) is 5.91 Å². The van der Waals surface area contributed by atoms with Gasteiger partial charge < -0.3 is 19.1 Å². The normalized spacial score (nSPS) is 18.2. The van der Waals surface area contributed by atoms with Gasteiger partial charge in [-0.3, -0.25) is 9.69 Å². The molecule has 32 heavy (non-hydrogen) atoms. The number of allylic oxidation sites excluding steroid dienone is 1. The summed E-state index contributed by atoms with van der Waals surface area (Å²) >= 11 is 1.50. The molecule has 4 rings (SSSR count). The van der Waals surface area contributed by atoms with Crippen molar-refractivity contribution in [3.05, 3.63) is 58.6 Å². The minimum atomic E-state index is -0.246. The van der Waals surface area contributed by atoms with Crippen LogP contribution in [0.2, 0.25) is 0 Å². The minimum absolute atomic E-state index is 0.00237. The third-order valence-electron chi connectivity index (χ3n) is 5.61. The van der Waals surface area contributed by atoms with Crippen LogP contribution in [0.5, 0.6) is 17.2 Å². The lowest BCUT2D eigenvalue weighted by molar-refractivity contribution is -0.129. The van der Waals surface area contributed by atoms with E-state index in [0.29, 0.717) is 36.2 Å². The molecule has 0 saturated carbocycles. The van der Waals surface area contributed by atoms with E-state index in [-0.39, 0.29) is 18.2 Å². The highest BCUT2D eigenvalue weighted by Gasteiger charge is 2.38. The topological polar surface area (TPSA) is 75.0 Å². The highest BCUT2D eigenvalue weighted by atomic mass is 32.2. The monoisotopic (exact) mass is 451 g/mol. The van der Waals surface area contributed by atoms with Crippen molar-refractivity contribution in [2.75, 3.05) is 38.3 Å². The quantitative estimate of drug-likeness (QED) is 0.647. The SMILES string of the molecule is CCOc1ccc([C@H]2CC(=O)N3CN(c4ccc(OC)cc4OC)CSC3=C2C#N)cc1. The summed E-state index contributed by atoms with van der Waals surface area (Å²) in [6.45, 7) is 2.90. The molecule has 0 aromatic heterocycles. The first-order valence-electron chi connectivity index (χ1n) is 10.4. The summed E-state index contributed by atoms with van der Waals surface area (Å²) < 4.78 is 16.3. The fourth-order valence-electron chi connectivity index (χ4n) is 4.01. The minimum Gasteiger partial charge on any atom is -0.497 e. The number of amides is 1. The second-order valence-electron chi connectivity index (χ2n) is 7.40. The first-order valence-corrected chi connectivity index (χ1v) is 11.3. The standard InChI is InChI=1S/C24H25N3O4S/c1-4-31-17-7-5-16(6-8-17)19-12-23(28)27-14-26(15-32-24(27)20(19)13-25)21-10-9-18(29-2)11-22(21)30-3/h5-11,19H,4,12,14-15H2,1-3H3/t19-/m1/s1. The Hall–Kier alpha value is -3.31. The molecule has 0 unspecified atom stereocenters. The van der Waals surface area contributed by atoms with Crippen molar-refractivity contribution >= 4 is 23.4 Å². The van der Waals surface area contributed by atoms with Gasteiger partial charge in [-0.25, -0.2) is 0 Å². The second-order valence-corrected chi connectivity index (χ2v) is 8.34. The number of carbonyl (C=O) groups excluding carboxylic acids is 1. The van der Waals surface area contributed by atoms with Gasteiger partial charge in [-0.15, -0.1) is 0 Å². The van der Waals surface area contributed by atoms with Crippen LogP contribution in [-0.2, 0) is 4.79 Å². The van der Waals surface area contributed by atoms with Gasteiger partial charge in [0.1, 0.15) is 17.2 Å². The van der Waals surface area contributed by atoms with Crippen molar-refractivity contribution in [3.63, 3.8) is 0 Å². The third-order valence-corrected chi connectivity index (χ3v) is 6.77. The van der Waals surface area contributed by atoms with Crippen LogP contribution in [-0.4, -0.2) is 44.2 Å². The van der Waals surface area contributed by atoms with Crippen molar-refractivity contribution in [1.82, 2.24) is 4.90 Å². The lowest BCUT2D eigenvalue weighted by atomic mass is 9.86. The Bertz CT molecular complexity index is 1080. The largest absolute Gasteiger partial charge is 0.497 e. The van der Waals surface area contributed by atoms with Crippen LogP contribution in [0.25, 0.3) is 0 Å². The molecule has 1 saturated heterocycles.